The summed E-state index contributed by atoms with van der Waals surface area (Å²) >= 11 is 0. The quantitative estimate of drug-likeness (QED) is 0.0267. The molecular weight excluding hydrogens is 929 g/mol. The maximum atomic E-state index is 13.7. The van der Waals surface area contributed by atoms with E-state index in [1.807, 2.05) is 36.4 Å². The Morgan fingerprint density at radius 2 is 0.622 bits per heavy atom. The van der Waals surface area contributed by atoms with Gasteiger partial charge in [-0.15, -0.1) is 0 Å². The van der Waals surface area contributed by atoms with Crippen molar-refractivity contribution < 1.29 is 47.6 Å². The molecule has 4 aliphatic carbocycles. The minimum absolute atomic E-state index is 0.315. The summed E-state index contributed by atoms with van der Waals surface area (Å²) in [4.78, 5) is 53.3. The van der Waals surface area contributed by atoms with Crippen LogP contribution in [0.4, 0.5) is 0 Å². The molecule has 0 N–H and O–H groups in total. The van der Waals surface area contributed by atoms with E-state index in [0.717, 1.165) is 47.9 Å². The average molecular weight is 1000 g/mol. The topological polar surface area (TPSA) is 124 Å². The summed E-state index contributed by atoms with van der Waals surface area (Å²) < 4.78 is 34.7. The minimum Gasteiger partial charge on any atom is -0.494 e. The van der Waals surface area contributed by atoms with Gasteiger partial charge >= 0.3 is 23.9 Å². The van der Waals surface area contributed by atoms with Crippen molar-refractivity contribution in [3.8, 4) is 34.5 Å². The van der Waals surface area contributed by atoms with Crippen LogP contribution < -0.4 is 28.4 Å². The van der Waals surface area contributed by atoms with E-state index in [1.54, 1.807) is 97.1 Å². The number of aryl methyl sites for hydroxylation is 4. The van der Waals surface area contributed by atoms with Gasteiger partial charge in [0.15, 0.2) is 0 Å². The lowest BCUT2D eigenvalue weighted by atomic mass is 9.91. The lowest BCUT2D eigenvalue weighted by Crippen LogP contribution is -2.15. The van der Waals surface area contributed by atoms with Crippen molar-refractivity contribution in [1.29, 1.82) is 0 Å². The zero-order valence-electron chi connectivity index (χ0n) is 43.3. The molecule has 0 fully saturated rings. The van der Waals surface area contributed by atoms with E-state index in [2.05, 4.69) is 13.8 Å². The average Bonchev–Trinajstić information content (AvgIpc) is 3.41. The number of hydrogen-bond donors (Lipinski definition) is 0. The molecule has 74 heavy (non-hydrogen) atoms. The summed E-state index contributed by atoms with van der Waals surface area (Å²) in [6.45, 7) is 5.76. The highest BCUT2D eigenvalue weighted by Crippen LogP contribution is 2.27. The van der Waals surface area contributed by atoms with Crippen LogP contribution in [-0.2, 0) is 25.7 Å². The number of rotatable bonds is 28. The number of carbonyl (C=O) groups excluding carboxylic acids is 4. The first-order valence-electron chi connectivity index (χ1n) is 27.0. The molecule has 4 aliphatic rings. The van der Waals surface area contributed by atoms with E-state index in [-0.39, 0.29) is 0 Å². The number of ether oxygens (including phenoxy) is 6. The Labute approximate surface area is 437 Å². The van der Waals surface area contributed by atoms with Gasteiger partial charge in [0.1, 0.15) is 34.5 Å². The van der Waals surface area contributed by atoms with Gasteiger partial charge in [-0.25, -0.2) is 19.2 Å². The summed E-state index contributed by atoms with van der Waals surface area (Å²) in [5.41, 5.74) is 5.21. The van der Waals surface area contributed by atoms with Crippen LogP contribution in [0, 0.1) is 0 Å². The zero-order valence-corrected chi connectivity index (χ0v) is 43.3. The van der Waals surface area contributed by atoms with Crippen LogP contribution in [0.5, 0.6) is 34.5 Å². The maximum Gasteiger partial charge on any atom is 0.343 e. The lowest BCUT2D eigenvalue weighted by Gasteiger charge is -2.16. The van der Waals surface area contributed by atoms with Gasteiger partial charge in [-0.3, -0.25) is 0 Å². The van der Waals surface area contributed by atoms with Gasteiger partial charge in [0, 0.05) is 0 Å². The molecule has 0 unspecified atom stereocenters. The van der Waals surface area contributed by atoms with Crippen LogP contribution in [0.1, 0.15) is 180 Å². The summed E-state index contributed by atoms with van der Waals surface area (Å²) in [5.74, 6) is 0.716. The molecule has 0 spiro atoms. The SMILES string of the molecule is CCCCCCCCCCOc1ccc(C(=O)Oc2ccc(OC(=O)c3cc4ccc3CCc3ccc(c(C(=O)Oc5ccc(OC(=O)c6ccc(OCCCCCCCCCC)cc6)cc5)c3)CC4)cc2)cc1. The van der Waals surface area contributed by atoms with Crippen LogP contribution in [0.25, 0.3) is 0 Å². The van der Waals surface area contributed by atoms with Gasteiger partial charge in [0.25, 0.3) is 0 Å². The van der Waals surface area contributed by atoms with Gasteiger partial charge in [0.2, 0.25) is 0 Å². The number of unbranched alkanes of at least 4 members (excludes halogenated alkanes) is 14. The zero-order chi connectivity index (χ0) is 51.7. The van der Waals surface area contributed by atoms with E-state index in [1.165, 1.54) is 77.0 Å². The molecule has 10 nitrogen and oxygen atoms in total. The Morgan fingerprint density at radius 1 is 0.324 bits per heavy atom. The smallest absolute Gasteiger partial charge is 0.343 e. The van der Waals surface area contributed by atoms with Crippen molar-refractivity contribution in [3.63, 3.8) is 0 Å². The van der Waals surface area contributed by atoms with Gasteiger partial charge in [-0.1, -0.05) is 128 Å². The summed E-state index contributed by atoms with van der Waals surface area (Å²) in [6.07, 6.45) is 21.9. The lowest BCUT2D eigenvalue weighted by molar-refractivity contribution is 0.0718. The Balaban J connectivity index is 0.854. The van der Waals surface area contributed by atoms with Crippen molar-refractivity contribution in [2.45, 2.75) is 142 Å². The van der Waals surface area contributed by atoms with Gasteiger partial charge < -0.3 is 28.4 Å². The first-order chi connectivity index (χ1) is 36.2. The summed E-state index contributed by atoms with van der Waals surface area (Å²) in [6, 6.07) is 38.4. The molecule has 388 valence electrons. The highest BCUT2D eigenvalue weighted by atomic mass is 16.6. The highest BCUT2D eigenvalue weighted by molar-refractivity contribution is 5.94. The molecule has 0 aliphatic heterocycles. The van der Waals surface area contributed by atoms with Gasteiger partial charge in [-0.2, -0.15) is 0 Å². The molecule has 4 bridgehead atoms. The molecule has 0 atom stereocenters. The van der Waals surface area contributed by atoms with E-state index >= 15 is 0 Å². The third-order valence-electron chi connectivity index (χ3n) is 13.4. The van der Waals surface area contributed by atoms with Gasteiger partial charge in [-0.05, 0) is 170 Å². The van der Waals surface area contributed by atoms with E-state index in [4.69, 9.17) is 28.4 Å². The van der Waals surface area contributed by atoms with E-state index in [9.17, 15) is 19.2 Å². The Hall–Kier alpha value is -7.20. The number of carbonyl (C=O) groups is 4. The van der Waals surface area contributed by atoms with Crippen molar-refractivity contribution in [1.82, 2.24) is 0 Å². The standard InChI is InChI=1S/C64H72O10/c1-3-5-7-9-11-13-15-17-43-69-53-31-27-51(28-32-53)61(65)71-55-35-39-57(40-36-55)73-63(67)59-45-47-19-23-49(59)25-21-48-20-24-50(26-22-47)60(46-48)64(68)74-58-41-37-56(38-42-58)72-62(66)52-29-33-54(34-30-52)70-44-18-16-14-12-10-8-6-4-2/h19-20,23-24,27-42,45-46H,3-18,21-22,25-26,43-44H2,1-2H3. The molecule has 0 saturated carbocycles. The number of hydrogen-bond acceptors (Lipinski definition) is 10. The third kappa shape index (κ3) is 17.5. The van der Waals surface area contributed by atoms with Crippen LogP contribution in [0.2, 0.25) is 0 Å². The fraction of sp³-hybridized carbons (Fsp3) is 0.375. The van der Waals surface area contributed by atoms with Crippen molar-refractivity contribution in [2.24, 2.45) is 0 Å². The number of esters is 4. The monoisotopic (exact) mass is 1000 g/mol. The van der Waals surface area contributed by atoms with Crippen molar-refractivity contribution >= 4 is 23.9 Å². The molecule has 0 radical (unpaired) electrons. The van der Waals surface area contributed by atoms with Crippen molar-refractivity contribution in [3.05, 3.63) is 178 Å². The second kappa shape index (κ2) is 29.5. The van der Waals surface area contributed by atoms with Crippen LogP contribution >= 0.6 is 0 Å². The Bertz CT molecular complexity index is 2520. The molecule has 10 rings (SSSR count). The maximum absolute atomic E-state index is 13.7. The Morgan fingerprint density at radius 3 is 0.959 bits per heavy atom. The Kier molecular flexibility index (Phi) is 21.7. The molecular formula is C64H72O10. The molecule has 0 amide bonds. The normalized spacial score (nSPS) is 11.8. The van der Waals surface area contributed by atoms with Crippen LogP contribution in [-0.4, -0.2) is 37.1 Å². The fourth-order valence-corrected chi connectivity index (χ4v) is 8.97. The molecule has 10 heteroatoms. The second-order valence-electron chi connectivity index (χ2n) is 19.2. The molecule has 6 aromatic rings. The molecule has 6 aromatic carbocycles. The van der Waals surface area contributed by atoms with Gasteiger partial charge in [0.05, 0.1) is 35.5 Å². The molecule has 0 heterocycles. The minimum atomic E-state index is -0.503. The summed E-state index contributed by atoms with van der Waals surface area (Å²) in [5, 5.41) is 0. The highest BCUT2D eigenvalue weighted by Gasteiger charge is 2.21. The fourth-order valence-electron chi connectivity index (χ4n) is 8.97. The first-order valence-corrected chi connectivity index (χ1v) is 27.0. The second-order valence-corrected chi connectivity index (χ2v) is 19.2. The number of benzene rings is 6. The van der Waals surface area contributed by atoms with Crippen LogP contribution in [0.15, 0.2) is 133 Å². The first kappa shape index (κ1) is 54.6. The molecule has 0 saturated heterocycles. The third-order valence-corrected chi connectivity index (χ3v) is 13.4. The largest absolute Gasteiger partial charge is 0.494 e. The van der Waals surface area contributed by atoms with E-state index < -0.39 is 23.9 Å². The van der Waals surface area contributed by atoms with Crippen molar-refractivity contribution in [2.75, 3.05) is 13.2 Å². The van der Waals surface area contributed by atoms with Crippen LogP contribution in [0.3, 0.4) is 0 Å². The predicted octanol–water partition coefficient (Wildman–Crippen LogP) is 15.5. The van der Waals surface area contributed by atoms with E-state index in [0.29, 0.717) is 95.6 Å². The molecule has 0 aromatic heterocycles. The summed E-state index contributed by atoms with van der Waals surface area (Å²) in [7, 11) is 0. The predicted molar refractivity (Wildman–Crippen MR) is 290 cm³/mol.